The SMILES string of the molecule is NCCCn1c(-c2ccc(N)cc2)nc2cc3c(cc21)OCCO3. The minimum Gasteiger partial charge on any atom is -0.486 e. The standard InChI is InChI=1S/C18H20N4O2/c19-6-1-7-22-15-11-17-16(23-8-9-24-17)10-14(15)21-18(22)12-2-4-13(20)5-3-12/h2-5,10-11H,1,6-9,19-20H2. The van der Waals surface area contributed by atoms with E-state index in [1.807, 2.05) is 36.4 Å². The Morgan fingerprint density at radius 3 is 2.46 bits per heavy atom. The Morgan fingerprint density at radius 1 is 1.04 bits per heavy atom. The number of hydrogen-bond acceptors (Lipinski definition) is 5. The van der Waals surface area contributed by atoms with Gasteiger partial charge in [0, 0.05) is 29.9 Å². The van der Waals surface area contributed by atoms with Crippen LogP contribution in [0.1, 0.15) is 6.42 Å². The first-order chi connectivity index (χ1) is 11.8. The van der Waals surface area contributed by atoms with Crippen molar-refractivity contribution in [3.63, 3.8) is 0 Å². The first-order valence-electron chi connectivity index (χ1n) is 8.12. The number of fused-ring (bicyclic) bond motifs is 2. The molecule has 0 spiro atoms. The molecule has 2 heterocycles. The van der Waals surface area contributed by atoms with E-state index < -0.39 is 0 Å². The van der Waals surface area contributed by atoms with Crippen LogP contribution in [0, 0.1) is 0 Å². The molecule has 6 nitrogen and oxygen atoms in total. The largest absolute Gasteiger partial charge is 0.486 e. The molecule has 1 aromatic heterocycles. The van der Waals surface area contributed by atoms with Crippen LogP contribution in [0.4, 0.5) is 5.69 Å². The van der Waals surface area contributed by atoms with Crippen molar-refractivity contribution in [2.75, 3.05) is 25.5 Å². The van der Waals surface area contributed by atoms with Crippen LogP contribution < -0.4 is 20.9 Å². The lowest BCUT2D eigenvalue weighted by atomic mass is 10.2. The van der Waals surface area contributed by atoms with E-state index in [9.17, 15) is 0 Å². The van der Waals surface area contributed by atoms with Crippen LogP contribution in [0.5, 0.6) is 11.5 Å². The Labute approximate surface area is 140 Å². The zero-order valence-electron chi connectivity index (χ0n) is 13.4. The minimum atomic E-state index is 0.567. The van der Waals surface area contributed by atoms with Crippen molar-refractivity contribution < 1.29 is 9.47 Å². The van der Waals surface area contributed by atoms with Gasteiger partial charge in [-0.1, -0.05) is 0 Å². The molecule has 2 aromatic carbocycles. The summed E-state index contributed by atoms with van der Waals surface area (Å²) < 4.78 is 13.6. The van der Waals surface area contributed by atoms with Gasteiger partial charge in [0.05, 0.1) is 11.0 Å². The van der Waals surface area contributed by atoms with Gasteiger partial charge in [0.25, 0.3) is 0 Å². The third kappa shape index (κ3) is 2.55. The van der Waals surface area contributed by atoms with Gasteiger partial charge in [-0.2, -0.15) is 0 Å². The zero-order chi connectivity index (χ0) is 16.5. The summed E-state index contributed by atoms with van der Waals surface area (Å²) in [4.78, 5) is 4.82. The molecule has 124 valence electrons. The molecule has 3 aromatic rings. The zero-order valence-corrected chi connectivity index (χ0v) is 13.4. The quantitative estimate of drug-likeness (QED) is 0.720. The maximum absolute atomic E-state index is 5.80. The van der Waals surface area contributed by atoms with Gasteiger partial charge in [0.1, 0.15) is 19.0 Å². The smallest absolute Gasteiger partial charge is 0.163 e. The molecule has 4 rings (SSSR count). The molecule has 0 saturated heterocycles. The fourth-order valence-electron chi connectivity index (χ4n) is 2.99. The van der Waals surface area contributed by atoms with E-state index in [0.717, 1.165) is 52.6 Å². The van der Waals surface area contributed by atoms with Crippen LogP contribution in [0.3, 0.4) is 0 Å². The molecule has 0 amide bonds. The maximum Gasteiger partial charge on any atom is 0.163 e. The minimum absolute atomic E-state index is 0.567. The van der Waals surface area contributed by atoms with Crippen LogP contribution in [-0.4, -0.2) is 29.3 Å². The Bertz CT molecular complexity index is 871. The van der Waals surface area contributed by atoms with Gasteiger partial charge < -0.3 is 25.5 Å². The summed E-state index contributed by atoms with van der Waals surface area (Å²) in [6, 6.07) is 11.7. The second kappa shape index (κ2) is 6.05. The van der Waals surface area contributed by atoms with Crippen LogP contribution in [0.2, 0.25) is 0 Å². The van der Waals surface area contributed by atoms with Gasteiger partial charge in [-0.15, -0.1) is 0 Å². The van der Waals surface area contributed by atoms with Crippen molar-refractivity contribution in [1.82, 2.24) is 9.55 Å². The molecule has 24 heavy (non-hydrogen) atoms. The highest BCUT2D eigenvalue weighted by atomic mass is 16.6. The van der Waals surface area contributed by atoms with Crippen molar-refractivity contribution in [2.45, 2.75) is 13.0 Å². The average molecular weight is 324 g/mol. The fourth-order valence-corrected chi connectivity index (χ4v) is 2.99. The highest BCUT2D eigenvalue weighted by Gasteiger charge is 2.18. The van der Waals surface area contributed by atoms with Crippen molar-refractivity contribution in [1.29, 1.82) is 0 Å². The lowest BCUT2D eigenvalue weighted by Crippen LogP contribution is -2.15. The molecule has 0 saturated carbocycles. The molecule has 0 aliphatic carbocycles. The summed E-state index contributed by atoms with van der Waals surface area (Å²) in [6.07, 6.45) is 0.877. The van der Waals surface area contributed by atoms with Gasteiger partial charge in [-0.3, -0.25) is 0 Å². The van der Waals surface area contributed by atoms with E-state index >= 15 is 0 Å². The predicted molar refractivity (Wildman–Crippen MR) is 94.2 cm³/mol. The van der Waals surface area contributed by atoms with Crippen molar-refractivity contribution >= 4 is 16.7 Å². The van der Waals surface area contributed by atoms with Gasteiger partial charge in [-0.25, -0.2) is 4.98 Å². The third-order valence-electron chi connectivity index (χ3n) is 4.17. The van der Waals surface area contributed by atoms with Gasteiger partial charge in [-0.05, 0) is 37.2 Å². The number of rotatable bonds is 4. The fraction of sp³-hybridized carbons (Fsp3) is 0.278. The van der Waals surface area contributed by atoms with Crippen molar-refractivity contribution in [3.8, 4) is 22.9 Å². The van der Waals surface area contributed by atoms with Crippen LogP contribution in [0.25, 0.3) is 22.4 Å². The Morgan fingerprint density at radius 2 is 1.75 bits per heavy atom. The number of hydrogen-bond donors (Lipinski definition) is 2. The highest BCUT2D eigenvalue weighted by molar-refractivity contribution is 5.84. The average Bonchev–Trinajstić information content (AvgIpc) is 2.96. The first kappa shape index (κ1) is 14.8. The van der Waals surface area contributed by atoms with E-state index in [-0.39, 0.29) is 0 Å². The molecule has 0 bridgehead atoms. The number of imidazole rings is 1. The Balaban J connectivity index is 1.89. The Hall–Kier alpha value is -2.73. The number of ether oxygens (including phenoxy) is 2. The first-order valence-corrected chi connectivity index (χ1v) is 8.12. The van der Waals surface area contributed by atoms with E-state index in [2.05, 4.69) is 4.57 Å². The second-order valence-corrected chi connectivity index (χ2v) is 5.84. The van der Waals surface area contributed by atoms with Crippen molar-refractivity contribution in [2.24, 2.45) is 5.73 Å². The molecule has 6 heteroatoms. The molecular formula is C18H20N4O2. The van der Waals surface area contributed by atoms with E-state index in [1.165, 1.54) is 0 Å². The normalized spacial score (nSPS) is 13.4. The number of nitrogens with two attached hydrogens (primary N) is 2. The summed E-state index contributed by atoms with van der Waals surface area (Å²) >= 11 is 0. The molecule has 4 N–H and O–H groups in total. The van der Waals surface area contributed by atoms with Crippen molar-refractivity contribution in [3.05, 3.63) is 36.4 Å². The molecule has 1 aliphatic heterocycles. The predicted octanol–water partition coefficient (Wildman–Crippen LogP) is 2.41. The number of nitrogens with zero attached hydrogens (tertiary/aromatic N) is 2. The van der Waals surface area contributed by atoms with Crippen LogP contribution >= 0.6 is 0 Å². The maximum atomic E-state index is 5.80. The lowest BCUT2D eigenvalue weighted by molar-refractivity contribution is 0.172. The summed E-state index contributed by atoms with van der Waals surface area (Å²) in [5.74, 6) is 2.42. The lowest BCUT2D eigenvalue weighted by Gasteiger charge is -2.18. The molecule has 0 unspecified atom stereocenters. The highest BCUT2D eigenvalue weighted by Crippen LogP contribution is 2.36. The van der Waals surface area contributed by atoms with Gasteiger partial charge in [0.2, 0.25) is 0 Å². The summed E-state index contributed by atoms with van der Waals surface area (Å²) in [7, 11) is 0. The monoisotopic (exact) mass is 324 g/mol. The van der Waals surface area contributed by atoms with Crippen LogP contribution in [0.15, 0.2) is 36.4 Å². The molecule has 1 aliphatic rings. The number of nitrogen functional groups attached to an aromatic ring is 1. The summed E-state index contributed by atoms with van der Waals surface area (Å²) in [5.41, 5.74) is 15.2. The molecular weight excluding hydrogens is 304 g/mol. The van der Waals surface area contributed by atoms with E-state index in [1.54, 1.807) is 0 Å². The molecule has 0 fully saturated rings. The summed E-state index contributed by atoms with van der Waals surface area (Å²) in [6.45, 7) is 2.56. The second-order valence-electron chi connectivity index (χ2n) is 5.84. The summed E-state index contributed by atoms with van der Waals surface area (Å²) in [5, 5.41) is 0. The van der Waals surface area contributed by atoms with E-state index in [4.69, 9.17) is 25.9 Å². The number of benzene rings is 2. The molecule has 0 radical (unpaired) electrons. The third-order valence-corrected chi connectivity index (χ3v) is 4.17. The number of aryl methyl sites for hydroxylation is 1. The number of aromatic nitrogens is 2. The Kier molecular flexibility index (Phi) is 3.74. The van der Waals surface area contributed by atoms with Crippen LogP contribution in [-0.2, 0) is 6.54 Å². The molecule has 0 atom stereocenters. The van der Waals surface area contributed by atoms with Gasteiger partial charge >= 0.3 is 0 Å². The number of anilines is 1. The van der Waals surface area contributed by atoms with E-state index in [0.29, 0.717) is 19.8 Å². The van der Waals surface area contributed by atoms with Gasteiger partial charge in [0.15, 0.2) is 11.5 Å². The topological polar surface area (TPSA) is 88.3 Å².